The molecule has 0 spiro atoms. The summed E-state index contributed by atoms with van der Waals surface area (Å²) in [5.74, 6) is 1.39. The Hall–Kier alpha value is -1.41. The van der Waals surface area contributed by atoms with Crippen LogP contribution in [0.4, 0.5) is 5.82 Å². The quantitative estimate of drug-likeness (QED) is 0.645. The maximum absolute atomic E-state index is 6.01. The SMILES string of the molecule is CCCSc1nc(N)c2nnn([C@H]3CC[C@@H](OCC)C3)c2n1. The van der Waals surface area contributed by atoms with Crippen molar-refractivity contribution in [3.05, 3.63) is 0 Å². The van der Waals surface area contributed by atoms with E-state index in [2.05, 4.69) is 27.2 Å². The van der Waals surface area contributed by atoms with Crippen molar-refractivity contribution in [2.75, 3.05) is 18.1 Å². The maximum atomic E-state index is 6.01. The van der Waals surface area contributed by atoms with E-state index in [4.69, 9.17) is 10.5 Å². The maximum Gasteiger partial charge on any atom is 0.191 e. The number of nitrogens with zero attached hydrogens (tertiary/aromatic N) is 5. The minimum atomic E-state index is 0.278. The van der Waals surface area contributed by atoms with Crippen molar-refractivity contribution in [3.63, 3.8) is 0 Å². The second-order valence-electron chi connectivity index (χ2n) is 5.49. The molecule has 0 bridgehead atoms. The van der Waals surface area contributed by atoms with Gasteiger partial charge in [-0.15, -0.1) is 5.10 Å². The molecule has 7 nitrogen and oxygen atoms in total. The third-order valence-electron chi connectivity index (χ3n) is 3.87. The molecular formula is C14H22N6OS. The second kappa shape index (κ2) is 6.78. The predicted octanol–water partition coefficient (Wildman–Crippen LogP) is 2.44. The van der Waals surface area contributed by atoms with E-state index < -0.39 is 0 Å². The van der Waals surface area contributed by atoms with Crippen LogP contribution in [0, 0.1) is 0 Å². The van der Waals surface area contributed by atoms with Gasteiger partial charge in [-0.2, -0.15) is 0 Å². The molecule has 120 valence electrons. The fourth-order valence-corrected chi connectivity index (χ4v) is 3.56. The van der Waals surface area contributed by atoms with Gasteiger partial charge in [-0.3, -0.25) is 0 Å². The summed E-state index contributed by atoms with van der Waals surface area (Å²) < 4.78 is 7.63. The number of fused-ring (bicyclic) bond motifs is 1. The van der Waals surface area contributed by atoms with Crippen LogP contribution in [0.15, 0.2) is 5.16 Å². The summed E-state index contributed by atoms with van der Waals surface area (Å²) in [5, 5.41) is 9.15. The standard InChI is InChI=1S/C14H22N6OS/c1-3-7-22-14-16-12(15)11-13(17-14)20(19-18-11)9-5-6-10(8-9)21-4-2/h9-10H,3-8H2,1-2H3,(H2,15,16,17)/t9-,10+/m0/s1. The highest BCUT2D eigenvalue weighted by Crippen LogP contribution is 2.33. The molecule has 0 unspecified atom stereocenters. The Labute approximate surface area is 134 Å². The van der Waals surface area contributed by atoms with Crippen molar-refractivity contribution in [2.45, 2.75) is 56.8 Å². The van der Waals surface area contributed by atoms with Gasteiger partial charge in [0.2, 0.25) is 0 Å². The normalized spacial score (nSPS) is 21.7. The van der Waals surface area contributed by atoms with Crippen molar-refractivity contribution >= 4 is 28.7 Å². The van der Waals surface area contributed by atoms with Crippen LogP contribution in [0.25, 0.3) is 11.2 Å². The lowest BCUT2D eigenvalue weighted by molar-refractivity contribution is 0.0655. The van der Waals surface area contributed by atoms with E-state index >= 15 is 0 Å². The zero-order valence-electron chi connectivity index (χ0n) is 13.0. The van der Waals surface area contributed by atoms with Crippen LogP contribution in [0.3, 0.4) is 0 Å². The minimum Gasteiger partial charge on any atom is -0.382 e. The monoisotopic (exact) mass is 322 g/mol. The fraction of sp³-hybridized carbons (Fsp3) is 0.714. The Morgan fingerprint density at radius 1 is 1.32 bits per heavy atom. The number of aromatic nitrogens is 5. The molecule has 1 fully saturated rings. The van der Waals surface area contributed by atoms with E-state index in [0.717, 1.165) is 43.7 Å². The molecule has 2 heterocycles. The van der Waals surface area contributed by atoms with Crippen LogP contribution >= 0.6 is 11.8 Å². The van der Waals surface area contributed by atoms with Crippen LogP contribution in [-0.2, 0) is 4.74 Å². The van der Waals surface area contributed by atoms with Gasteiger partial charge in [0.15, 0.2) is 22.1 Å². The second-order valence-corrected chi connectivity index (χ2v) is 6.55. The lowest BCUT2D eigenvalue weighted by Crippen LogP contribution is -2.12. The lowest BCUT2D eigenvalue weighted by Gasteiger charge is -2.12. The van der Waals surface area contributed by atoms with E-state index in [1.807, 2.05) is 11.6 Å². The zero-order valence-corrected chi connectivity index (χ0v) is 13.8. The number of hydrogen-bond donors (Lipinski definition) is 1. The Kier molecular flexibility index (Phi) is 4.77. The number of thioether (sulfide) groups is 1. The molecule has 2 aromatic rings. The van der Waals surface area contributed by atoms with Crippen LogP contribution < -0.4 is 5.73 Å². The molecule has 2 N–H and O–H groups in total. The van der Waals surface area contributed by atoms with Crippen LogP contribution in [0.2, 0.25) is 0 Å². The first-order valence-electron chi connectivity index (χ1n) is 7.85. The van der Waals surface area contributed by atoms with Crippen molar-refractivity contribution in [2.24, 2.45) is 0 Å². The number of ether oxygens (including phenoxy) is 1. The van der Waals surface area contributed by atoms with Crippen molar-refractivity contribution < 1.29 is 4.74 Å². The molecule has 8 heteroatoms. The van der Waals surface area contributed by atoms with E-state index in [9.17, 15) is 0 Å². The Balaban J connectivity index is 1.88. The molecule has 0 radical (unpaired) electrons. The first-order chi connectivity index (χ1) is 10.7. The summed E-state index contributed by atoms with van der Waals surface area (Å²) in [6.07, 6.45) is 4.42. The van der Waals surface area contributed by atoms with Gasteiger partial charge in [0.25, 0.3) is 0 Å². The van der Waals surface area contributed by atoms with Gasteiger partial charge >= 0.3 is 0 Å². The van der Waals surface area contributed by atoms with Gasteiger partial charge in [0.05, 0.1) is 12.1 Å². The molecule has 1 aliphatic carbocycles. The first-order valence-corrected chi connectivity index (χ1v) is 8.84. The minimum absolute atomic E-state index is 0.278. The van der Waals surface area contributed by atoms with Crippen molar-refractivity contribution in [1.82, 2.24) is 25.0 Å². The van der Waals surface area contributed by atoms with E-state index in [1.165, 1.54) is 0 Å². The van der Waals surface area contributed by atoms with Crippen LogP contribution in [0.1, 0.15) is 45.6 Å². The smallest absolute Gasteiger partial charge is 0.191 e. The van der Waals surface area contributed by atoms with Gasteiger partial charge < -0.3 is 10.5 Å². The summed E-state index contributed by atoms with van der Waals surface area (Å²) in [7, 11) is 0. The molecule has 22 heavy (non-hydrogen) atoms. The average Bonchev–Trinajstić information content (AvgIpc) is 3.12. The summed E-state index contributed by atoms with van der Waals surface area (Å²) in [4.78, 5) is 8.93. The summed E-state index contributed by atoms with van der Waals surface area (Å²) in [5.41, 5.74) is 7.35. The van der Waals surface area contributed by atoms with Gasteiger partial charge in [-0.05, 0) is 32.6 Å². The van der Waals surface area contributed by atoms with Crippen molar-refractivity contribution in [1.29, 1.82) is 0 Å². The fourth-order valence-electron chi connectivity index (χ4n) is 2.86. The van der Waals surface area contributed by atoms with E-state index in [-0.39, 0.29) is 6.04 Å². The van der Waals surface area contributed by atoms with Gasteiger partial charge in [0, 0.05) is 12.4 Å². The molecule has 1 aliphatic rings. The number of anilines is 1. The molecule has 2 atom stereocenters. The number of nitrogen functional groups attached to an aromatic ring is 1. The highest BCUT2D eigenvalue weighted by Gasteiger charge is 2.29. The van der Waals surface area contributed by atoms with Crippen molar-refractivity contribution in [3.8, 4) is 0 Å². The highest BCUT2D eigenvalue weighted by atomic mass is 32.2. The predicted molar refractivity (Wildman–Crippen MR) is 86.8 cm³/mol. The van der Waals surface area contributed by atoms with Gasteiger partial charge in [-0.1, -0.05) is 23.9 Å². The molecule has 1 saturated carbocycles. The molecule has 2 aromatic heterocycles. The third kappa shape index (κ3) is 3.03. The largest absolute Gasteiger partial charge is 0.382 e. The zero-order chi connectivity index (χ0) is 15.5. The Morgan fingerprint density at radius 3 is 2.95 bits per heavy atom. The Morgan fingerprint density at radius 2 is 2.18 bits per heavy atom. The summed E-state index contributed by atoms with van der Waals surface area (Å²) in [6.45, 7) is 4.92. The summed E-state index contributed by atoms with van der Waals surface area (Å²) in [6, 6.07) is 0.278. The van der Waals surface area contributed by atoms with Crippen LogP contribution in [-0.4, -0.2) is 43.4 Å². The highest BCUT2D eigenvalue weighted by molar-refractivity contribution is 7.99. The van der Waals surface area contributed by atoms with E-state index in [1.54, 1.807) is 11.8 Å². The van der Waals surface area contributed by atoms with Gasteiger partial charge in [-0.25, -0.2) is 14.6 Å². The number of rotatable bonds is 6. The van der Waals surface area contributed by atoms with E-state index in [0.29, 0.717) is 22.6 Å². The first kappa shape index (κ1) is 15.5. The number of hydrogen-bond acceptors (Lipinski definition) is 7. The molecule has 0 aromatic carbocycles. The number of nitrogens with two attached hydrogens (primary N) is 1. The average molecular weight is 322 g/mol. The van der Waals surface area contributed by atoms with Crippen LogP contribution in [0.5, 0.6) is 0 Å². The third-order valence-corrected chi connectivity index (χ3v) is 4.92. The topological polar surface area (TPSA) is 91.7 Å². The summed E-state index contributed by atoms with van der Waals surface area (Å²) >= 11 is 1.62. The molecular weight excluding hydrogens is 300 g/mol. The van der Waals surface area contributed by atoms with Gasteiger partial charge in [0.1, 0.15) is 0 Å². The molecule has 0 saturated heterocycles. The molecule has 0 amide bonds. The molecule has 0 aliphatic heterocycles. The molecule has 3 rings (SSSR count). The lowest BCUT2D eigenvalue weighted by atomic mass is 10.2. The Bertz CT molecular complexity index is 646.